The fourth-order valence-corrected chi connectivity index (χ4v) is 8.00. The molecule has 0 radical (unpaired) electrons. The second-order valence-electron chi connectivity index (χ2n) is 12.5. The van der Waals surface area contributed by atoms with Gasteiger partial charge in [-0.15, -0.1) is 0 Å². The average Bonchev–Trinajstić information content (AvgIpc) is 3.77. The van der Waals surface area contributed by atoms with Crippen LogP contribution in [0.2, 0.25) is 0 Å². The lowest BCUT2D eigenvalue weighted by Crippen LogP contribution is -2.04. The van der Waals surface area contributed by atoms with Gasteiger partial charge in [0.05, 0.1) is 50.2 Å². The van der Waals surface area contributed by atoms with Crippen molar-refractivity contribution in [3.63, 3.8) is 0 Å². The SMILES string of the molecule is N#Cc1cccc(-c2nc3ccccc3nc2-n2c3cc4ccccc4cc3c3c4c5ccccc5n5c6ccccc6c(cc32)c45)c1. The molecule has 0 unspecified atom stereocenters. The summed E-state index contributed by atoms with van der Waals surface area (Å²) in [6.45, 7) is 0. The number of aromatic nitrogens is 4. The number of hydrogen-bond acceptors (Lipinski definition) is 3. The fourth-order valence-electron chi connectivity index (χ4n) is 8.00. The van der Waals surface area contributed by atoms with Crippen molar-refractivity contribution >= 4 is 81.7 Å². The number of hydrogen-bond donors (Lipinski definition) is 0. The van der Waals surface area contributed by atoms with Gasteiger partial charge < -0.3 is 4.40 Å². The molecule has 4 aromatic heterocycles. The van der Waals surface area contributed by atoms with Crippen molar-refractivity contribution < 1.29 is 0 Å². The Labute approximate surface area is 273 Å². The Bertz CT molecular complexity index is 3190. The van der Waals surface area contributed by atoms with E-state index >= 15 is 0 Å². The van der Waals surface area contributed by atoms with E-state index in [9.17, 15) is 5.26 Å². The van der Waals surface area contributed by atoms with Gasteiger partial charge in [0.15, 0.2) is 5.82 Å². The smallest absolute Gasteiger partial charge is 0.165 e. The van der Waals surface area contributed by atoms with Crippen LogP contribution in [0, 0.1) is 11.3 Å². The van der Waals surface area contributed by atoms with Gasteiger partial charge >= 0.3 is 0 Å². The second-order valence-corrected chi connectivity index (χ2v) is 12.5. The molecule has 5 nitrogen and oxygen atoms in total. The van der Waals surface area contributed by atoms with E-state index in [1.165, 1.54) is 54.3 Å². The van der Waals surface area contributed by atoms with E-state index in [2.05, 4.69) is 106 Å². The molecule has 7 aromatic carbocycles. The van der Waals surface area contributed by atoms with E-state index in [1.54, 1.807) is 0 Å². The second kappa shape index (κ2) is 9.16. The molecule has 0 amide bonds. The van der Waals surface area contributed by atoms with Gasteiger partial charge in [-0.3, -0.25) is 4.57 Å². The lowest BCUT2D eigenvalue weighted by atomic mass is 10.0. The summed E-state index contributed by atoms with van der Waals surface area (Å²) in [4.78, 5) is 10.6. The summed E-state index contributed by atoms with van der Waals surface area (Å²) >= 11 is 0. The van der Waals surface area contributed by atoms with Gasteiger partial charge in [-0.25, -0.2) is 9.97 Å². The van der Waals surface area contributed by atoms with Gasteiger partial charge in [0.2, 0.25) is 0 Å². The van der Waals surface area contributed by atoms with E-state index in [1.807, 2.05) is 48.5 Å². The van der Waals surface area contributed by atoms with Crippen LogP contribution in [0.3, 0.4) is 0 Å². The predicted molar refractivity (Wildman–Crippen MR) is 196 cm³/mol. The van der Waals surface area contributed by atoms with Crippen molar-refractivity contribution in [2.45, 2.75) is 0 Å². The average molecular weight is 610 g/mol. The maximum Gasteiger partial charge on any atom is 0.165 e. The lowest BCUT2D eigenvalue weighted by Gasteiger charge is -2.14. The molecule has 0 bridgehead atoms. The number of nitriles is 1. The summed E-state index contributed by atoms with van der Waals surface area (Å²) in [5.41, 5.74) is 9.57. The highest BCUT2D eigenvalue weighted by atomic mass is 15.1. The van der Waals surface area contributed by atoms with E-state index in [4.69, 9.17) is 9.97 Å². The maximum absolute atomic E-state index is 9.83. The van der Waals surface area contributed by atoms with Gasteiger partial charge in [0.25, 0.3) is 0 Å². The summed E-state index contributed by atoms with van der Waals surface area (Å²) in [6, 6.07) is 51.0. The summed E-state index contributed by atoms with van der Waals surface area (Å²) in [5, 5.41) is 19.5. The van der Waals surface area contributed by atoms with Gasteiger partial charge in [0, 0.05) is 37.9 Å². The third-order valence-electron chi connectivity index (χ3n) is 10.00. The zero-order chi connectivity index (χ0) is 31.5. The van der Waals surface area contributed by atoms with Crippen LogP contribution in [0.15, 0.2) is 140 Å². The first-order valence-corrected chi connectivity index (χ1v) is 16.1. The summed E-state index contributed by atoms with van der Waals surface area (Å²) in [6.07, 6.45) is 0. The van der Waals surface area contributed by atoms with Gasteiger partial charge in [-0.2, -0.15) is 5.26 Å². The van der Waals surface area contributed by atoms with Crippen LogP contribution in [-0.2, 0) is 0 Å². The number of benzene rings is 7. The molecular weight excluding hydrogens is 587 g/mol. The molecule has 48 heavy (non-hydrogen) atoms. The topological polar surface area (TPSA) is 58.9 Å². The maximum atomic E-state index is 9.83. The third-order valence-corrected chi connectivity index (χ3v) is 10.00. The van der Waals surface area contributed by atoms with Gasteiger partial charge in [-0.05, 0) is 65.4 Å². The molecule has 0 atom stereocenters. The Morgan fingerprint density at radius 1 is 0.500 bits per heavy atom. The molecular formula is C43H23N5. The highest BCUT2D eigenvalue weighted by Crippen LogP contribution is 2.47. The van der Waals surface area contributed by atoms with E-state index in [0.29, 0.717) is 5.56 Å². The van der Waals surface area contributed by atoms with Gasteiger partial charge in [0.1, 0.15) is 5.69 Å². The molecule has 0 saturated carbocycles. The first kappa shape index (κ1) is 25.4. The van der Waals surface area contributed by atoms with Crippen molar-refractivity contribution in [1.82, 2.24) is 18.9 Å². The Morgan fingerprint density at radius 3 is 2.00 bits per heavy atom. The molecule has 11 rings (SSSR count). The normalized spacial score (nSPS) is 12.1. The number of para-hydroxylation sites is 4. The first-order chi connectivity index (χ1) is 23.8. The van der Waals surface area contributed by atoms with Crippen molar-refractivity contribution in [1.29, 1.82) is 5.26 Å². The van der Waals surface area contributed by atoms with E-state index < -0.39 is 0 Å². The minimum absolute atomic E-state index is 0.584. The number of nitrogens with zero attached hydrogens (tertiary/aromatic N) is 5. The van der Waals surface area contributed by atoms with Gasteiger partial charge in [-0.1, -0.05) is 84.9 Å². The molecule has 0 spiro atoms. The van der Waals surface area contributed by atoms with Crippen LogP contribution in [0.4, 0.5) is 0 Å². The summed E-state index contributed by atoms with van der Waals surface area (Å²) < 4.78 is 4.75. The molecule has 5 heteroatoms. The molecule has 0 fully saturated rings. The lowest BCUT2D eigenvalue weighted by molar-refractivity contribution is 1.08. The predicted octanol–water partition coefficient (Wildman–Crippen LogP) is 10.6. The van der Waals surface area contributed by atoms with E-state index in [0.717, 1.165) is 44.5 Å². The Morgan fingerprint density at radius 2 is 1.19 bits per heavy atom. The molecule has 0 aliphatic rings. The highest BCUT2D eigenvalue weighted by Gasteiger charge is 2.26. The van der Waals surface area contributed by atoms with Crippen LogP contribution in [0.25, 0.3) is 98.8 Å². The number of rotatable bonds is 2. The van der Waals surface area contributed by atoms with Crippen LogP contribution in [0.1, 0.15) is 5.56 Å². The molecule has 11 aromatic rings. The van der Waals surface area contributed by atoms with Crippen LogP contribution < -0.4 is 0 Å². The highest BCUT2D eigenvalue weighted by molar-refractivity contribution is 6.36. The van der Waals surface area contributed by atoms with Crippen molar-refractivity contribution in [3.05, 3.63) is 145 Å². The largest absolute Gasteiger partial charge is 0.308 e. The Balaban J connectivity index is 1.43. The summed E-state index contributed by atoms with van der Waals surface area (Å²) in [5.74, 6) is 0.737. The molecule has 4 heterocycles. The number of fused-ring (bicyclic) bond motifs is 12. The van der Waals surface area contributed by atoms with Crippen LogP contribution in [-0.4, -0.2) is 18.9 Å². The van der Waals surface area contributed by atoms with Crippen LogP contribution >= 0.6 is 0 Å². The molecule has 0 aliphatic heterocycles. The van der Waals surface area contributed by atoms with Crippen LogP contribution in [0.5, 0.6) is 0 Å². The molecule has 220 valence electrons. The molecule has 0 saturated heterocycles. The van der Waals surface area contributed by atoms with E-state index in [-0.39, 0.29) is 0 Å². The minimum Gasteiger partial charge on any atom is -0.308 e. The van der Waals surface area contributed by atoms with Crippen molar-refractivity contribution in [2.75, 3.05) is 0 Å². The van der Waals surface area contributed by atoms with Crippen molar-refractivity contribution in [2.24, 2.45) is 0 Å². The van der Waals surface area contributed by atoms with Crippen molar-refractivity contribution in [3.8, 4) is 23.1 Å². The minimum atomic E-state index is 0.584. The standard InChI is InChI=1S/C43H23N5/c44-24-25-10-9-13-28(20-25)41-43(46-34-17-6-5-16-33(34)45-41)48-37-22-27-12-2-1-11-26(27)21-32(37)39-38(48)23-31-29-14-3-7-18-35(29)47-36-19-8-4-15-30(36)40(39)42(31)47/h1-23H. The zero-order valence-electron chi connectivity index (χ0n) is 25.5. The Hall–Kier alpha value is -6.77. The monoisotopic (exact) mass is 609 g/mol. The first-order valence-electron chi connectivity index (χ1n) is 16.1. The summed E-state index contributed by atoms with van der Waals surface area (Å²) in [7, 11) is 0. The quantitative estimate of drug-likeness (QED) is 0.196. The molecule has 0 N–H and O–H groups in total. The fraction of sp³-hybridized carbons (Fsp3) is 0. The zero-order valence-corrected chi connectivity index (χ0v) is 25.5. The molecule has 0 aliphatic carbocycles. The Kier molecular flexibility index (Phi) is 4.85. The third kappa shape index (κ3) is 3.23.